The van der Waals surface area contributed by atoms with Gasteiger partial charge in [0.2, 0.25) is 0 Å². The van der Waals surface area contributed by atoms with Gasteiger partial charge in [0.1, 0.15) is 0 Å². The minimum absolute atomic E-state index is 0.169. The smallest absolute Gasteiger partial charge is 0.259 e. The maximum absolute atomic E-state index is 12.1. The van der Waals surface area contributed by atoms with Crippen LogP contribution in [0.2, 0.25) is 0 Å². The van der Waals surface area contributed by atoms with Crippen LogP contribution in [0.3, 0.4) is 0 Å². The zero-order valence-corrected chi connectivity index (χ0v) is 13.4. The van der Waals surface area contributed by atoms with E-state index in [1.54, 1.807) is 29.8 Å². The summed E-state index contributed by atoms with van der Waals surface area (Å²) in [5.41, 5.74) is 1.68. The topological polar surface area (TPSA) is 54.9 Å². The summed E-state index contributed by atoms with van der Waals surface area (Å²) in [5, 5.41) is 3.55. The Morgan fingerprint density at radius 2 is 2.35 bits per heavy atom. The maximum atomic E-state index is 12.1. The fourth-order valence-electron chi connectivity index (χ4n) is 2.30. The monoisotopic (exact) mass is 351 g/mol. The summed E-state index contributed by atoms with van der Waals surface area (Å²) >= 11 is 4.90. The molecule has 104 valence electrons. The van der Waals surface area contributed by atoms with Crippen LogP contribution in [0.25, 0.3) is 0 Å². The molecule has 1 aliphatic rings. The van der Waals surface area contributed by atoms with Crippen molar-refractivity contribution in [1.29, 1.82) is 0 Å². The Bertz CT molecular complexity index is 656. The molecule has 2 aromatic heterocycles. The van der Waals surface area contributed by atoms with Gasteiger partial charge in [-0.25, -0.2) is 4.98 Å². The molecule has 1 atom stereocenters. The van der Waals surface area contributed by atoms with Crippen molar-refractivity contribution in [2.75, 3.05) is 5.32 Å². The molecule has 0 aliphatic heterocycles. The predicted octanol–water partition coefficient (Wildman–Crippen LogP) is 3.68. The van der Waals surface area contributed by atoms with Crippen molar-refractivity contribution in [3.05, 3.63) is 39.1 Å². The van der Waals surface area contributed by atoms with Crippen molar-refractivity contribution in [2.24, 2.45) is 5.92 Å². The van der Waals surface area contributed by atoms with Crippen molar-refractivity contribution in [1.82, 2.24) is 9.97 Å². The summed E-state index contributed by atoms with van der Waals surface area (Å²) in [6.07, 6.45) is 6.47. The van der Waals surface area contributed by atoms with Crippen LogP contribution in [-0.2, 0) is 12.8 Å². The van der Waals surface area contributed by atoms with Gasteiger partial charge in [-0.05, 0) is 47.2 Å². The van der Waals surface area contributed by atoms with Crippen LogP contribution in [0.5, 0.6) is 0 Å². The zero-order valence-electron chi connectivity index (χ0n) is 11.0. The molecule has 0 fully saturated rings. The first-order chi connectivity index (χ1) is 9.61. The summed E-state index contributed by atoms with van der Waals surface area (Å²) in [6, 6.07) is 1.75. The number of carbonyl (C=O) groups excluding carboxylic acids is 1. The number of hydrogen-bond donors (Lipinski definition) is 1. The van der Waals surface area contributed by atoms with E-state index in [4.69, 9.17) is 0 Å². The Morgan fingerprint density at radius 1 is 1.50 bits per heavy atom. The van der Waals surface area contributed by atoms with E-state index in [9.17, 15) is 4.79 Å². The number of aromatic nitrogens is 2. The summed E-state index contributed by atoms with van der Waals surface area (Å²) < 4.78 is 0.789. The number of nitrogens with one attached hydrogen (secondary N) is 1. The largest absolute Gasteiger partial charge is 0.298 e. The van der Waals surface area contributed by atoms with E-state index >= 15 is 0 Å². The molecule has 0 bridgehead atoms. The summed E-state index contributed by atoms with van der Waals surface area (Å²) in [4.78, 5) is 22.0. The van der Waals surface area contributed by atoms with E-state index in [0.29, 0.717) is 16.6 Å². The van der Waals surface area contributed by atoms with Crippen LogP contribution in [0.1, 0.15) is 34.3 Å². The van der Waals surface area contributed by atoms with Crippen molar-refractivity contribution in [3.63, 3.8) is 0 Å². The van der Waals surface area contributed by atoms with E-state index in [0.717, 1.165) is 23.0 Å². The highest BCUT2D eigenvalue weighted by Crippen LogP contribution is 2.32. The molecular formula is C14H14BrN3OS. The second-order valence-electron chi connectivity index (χ2n) is 5.08. The third kappa shape index (κ3) is 2.91. The third-order valence-electron chi connectivity index (χ3n) is 3.37. The van der Waals surface area contributed by atoms with Crippen LogP contribution >= 0.6 is 27.3 Å². The van der Waals surface area contributed by atoms with E-state index in [1.807, 2.05) is 0 Å². The number of carbonyl (C=O) groups is 1. The summed E-state index contributed by atoms with van der Waals surface area (Å²) in [5.74, 6) is 0.540. The van der Waals surface area contributed by atoms with Gasteiger partial charge in [0.05, 0.1) is 11.3 Å². The van der Waals surface area contributed by atoms with Crippen LogP contribution in [0, 0.1) is 5.92 Å². The van der Waals surface area contributed by atoms with Crippen LogP contribution in [0.15, 0.2) is 22.9 Å². The normalized spacial score (nSPS) is 17.6. The highest BCUT2D eigenvalue weighted by atomic mass is 79.9. The van der Waals surface area contributed by atoms with E-state index < -0.39 is 0 Å². The number of thiazole rings is 1. The van der Waals surface area contributed by atoms with Gasteiger partial charge < -0.3 is 0 Å². The molecule has 2 heterocycles. The van der Waals surface area contributed by atoms with Crippen LogP contribution in [0.4, 0.5) is 5.13 Å². The quantitative estimate of drug-likeness (QED) is 0.897. The first kappa shape index (κ1) is 13.7. The van der Waals surface area contributed by atoms with Gasteiger partial charge in [-0.1, -0.05) is 6.92 Å². The summed E-state index contributed by atoms with van der Waals surface area (Å²) in [6.45, 7) is 2.26. The first-order valence-corrected chi connectivity index (χ1v) is 8.13. The van der Waals surface area contributed by atoms with E-state index in [1.165, 1.54) is 11.3 Å². The molecule has 6 heteroatoms. The van der Waals surface area contributed by atoms with Crippen molar-refractivity contribution >= 4 is 38.3 Å². The molecule has 0 spiro atoms. The van der Waals surface area contributed by atoms with Gasteiger partial charge in [-0.2, -0.15) is 0 Å². The van der Waals surface area contributed by atoms with Gasteiger partial charge in [0.25, 0.3) is 5.91 Å². The number of nitrogens with zero attached hydrogens (tertiary/aromatic N) is 2. The fourth-order valence-corrected chi connectivity index (χ4v) is 3.83. The number of rotatable bonds is 2. The minimum Gasteiger partial charge on any atom is -0.298 e. The number of pyridine rings is 1. The third-order valence-corrected chi connectivity index (χ3v) is 4.84. The summed E-state index contributed by atoms with van der Waals surface area (Å²) in [7, 11) is 0. The molecule has 0 saturated carbocycles. The van der Waals surface area contributed by atoms with E-state index in [2.05, 4.69) is 38.1 Å². The highest BCUT2D eigenvalue weighted by molar-refractivity contribution is 9.10. The predicted molar refractivity (Wildman–Crippen MR) is 83.2 cm³/mol. The number of fused-ring (bicyclic) bond motifs is 1. The maximum Gasteiger partial charge on any atom is 0.259 e. The number of hydrogen-bond acceptors (Lipinski definition) is 4. The molecule has 1 unspecified atom stereocenters. The minimum atomic E-state index is -0.169. The molecule has 4 nitrogen and oxygen atoms in total. The average Bonchev–Trinajstić information content (AvgIpc) is 2.80. The molecule has 1 N–H and O–H groups in total. The number of amides is 1. The second-order valence-corrected chi connectivity index (χ2v) is 7.08. The van der Waals surface area contributed by atoms with Gasteiger partial charge in [-0.15, -0.1) is 11.3 Å². The molecule has 1 amide bonds. The standard InChI is InChI=1S/C14H14BrN3OS/c1-8-2-3-11-12(4-8)20-14(17-11)18-13(19)9-5-10(15)7-16-6-9/h5-8H,2-4H2,1H3,(H,17,18,19). The highest BCUT2D eigenvalue weighted by Gasteiger charge is 2.20. The van der Waals surface area contributed by atoms with Gasteiger partial charge in [-0.3, -0.25) is 15.1 Å². The second kappa shape index (κ2) is 5.61. The first-order valence-electron chi connectivity index (χ1n) is 6.52. The number of aryl methyl sites for hydroxylation is 1. The van der Waals surface area contributed by atoms with Gasteiger partial charge >= 0.3 is 0 Å². The molecular weight excluding hydrogens is 338 g/mol. The van der Waals surface area contributed by atoms with Crippen LogP contribution in [-0.4, -0.2) is 15.9 Å². The van der Waals surface area contributed by atoms with Gasteiger partial charge in [0.15, 0.2) is 5.13 Å². The molecule has 0 radical (unpaired) electrons. The lowest BCUT2D eigenvalue weighted by Gasteiger charge is -2.15. The fraction of sp³-hybridized carbons (Fsp3) is 0.357. The SMILES string of the molecule is CC1CCc2nc(NC(=O)c3cncc(Br)c3)sc2C1. The zero-order chi connectivity index (χ0) is 14.1. The molecule has 20 heavy (non-hydrogen) atoms. The Kier molecular flexibility index (Phi) is 3.85. The molecule has 3 rings (SSSR count). The van der Waals surface area contributed by atoms with Gasteiger partial charge in [0, 0.05) is 21.7 Å². The lowest BCUT2D eigenvalue weighted by molar-refractivity contribution is 0.102. The Hall–Kier alpha value is -1.27. The Balaban J connectivity index is 1.77. The molecule has 1 aliphatic carbocycles. The van der Waals surface area contributed by atoms with Crippen molar-refractivity contribution in [2.45, 2.75) is 26.2 Å². The van der Waals surface area contributed by atoms with E-state index in [-0.39, 0.29) is 5.91 Å². The molecule has 0 aromatic carbocycles. The van der Waals surface area contributed by atoms with Crippen molar-refractivity contribution in [3.8, 4) is 0 Å². The number of anilines is 1. The lowest BCUT2D eigenvalue weighted by Crippen LogP contribution is -2.12. The number of halogens is 1. The van der Waals surface area contributed by atoms with Crippen LogP contribution < -0.4 is 5.32 Å². The Labute approximate surface area is 129 Å². The average molecular weight is 352 g/mol. The Morgan fingerprint density at radius 3 is 3.15 bits per heavy atom. The lowest BCUT2D eigenvalue weighted by atomic mass is 9.93. The molecule has 0 saturated heterocycles. The van der Waals surface area contributed by atoms with Crippen molar-refractivity contribution < 1.29 is 4.79 Å². The molecule has 2 aromatic rings.